The molecule has 1 amide bonds. The van der Waals surface area contributed by atoms with Crippen molar-refractivity contribution >= 4 is 11.9 Å². The first-order chi connectivity index (χ1) is 8.75. The van der Waals surface area contributed by atoms with Gasteiger partial charge < -0.3 is 14.7 Å². The SMILES string of the molecule is COC1CCN(C(=O)CC(C)(C)CC(=O)O)C(C)C1. The Balaban J connectivity index is 2.56. The summed E-state index contributed by atoms with van der Waals surface area (Å²) in [5.41, 5.74) is -0.499. The van der Waals surface area contributed by atoms with Gasteiger partial charge in [0.25, 0.3) is 0 Å². The van der Waals surface area contributed by atoms with Gasteiger partial charge in [0, 0.05) is 26.1 Å². The predicted octanol–water partition coefficient (Wildman–Crippen LogP) is 1.90. The largest absolute Gasteiger partial charge is 0.481 e. The minimum atomic E-state index is -0.857. The minimum Gasteiger partial charge on any atom is -0.481 e. The normalized spacial score (nSPS) is 24.3. The Morgan fingerprint density at radius 3 is 2.47 bits per heavy atom. The van der Waals surface area contributed by atoms with Crippen molar-refractivity contribution in [1.82, 2.24) is 4.90 Å². The van der Waals surface area contributed by atoms with Crippen molar-refractivity contribution in [3.8, 4) is 0 Å². The number of hydrogen-bond acceptors (Lipinski definition) is 3. The van der Waals surface area contributed by atoms with Crippen molar-refractivity contribution in [2.45, 2.75) is 58.6 Å². The van der Waals surface area contributed by atoms with Crippen molar-refractivity contribution in [2.75, 3.05) is 13.7 Å². The number of amides is 1. The topological polar surface area (TPSA) is 66.8 Å². The molecular weight excluding hydrogens is 246 g/mol. The van der Waals surface area contributed by atoms with E-state index in [9.17, 15) is 9.59 Å². The minimum absolute atomic E-state index is 0.0155. The first-order valence-electron chi connectivity index (χ1n) is 6.79. The number of nitrogens with zero attached hydrogens (tertiary/aromatic N) is 1. The molecule has 19 heavy (non-hydrogen) atoms. The van der Waals surface area contributed by atoms with Crippen LogP contribution in [-0.2, 0) is 14.3 Å². The second-order valence-electron chi connectivity index (χ2n) is 6.23. The quantitative estimate of drug-likeness (QED) is 0.829. The molecule has 0 radical (unpaired) electrons. The van der Waals surface area contributed by atoms with E-state index >= 15 is 0 Å². The molecule has 5 heteroatoms. The Kier molecular flexibility index (Phi) is 5.35. The van der Waals surface area contributed by atoms with Crippen LogP contribution in [0.15, 0.2) is 0 Å². The molecule has 0 spiro atoms. The Morgan fingerprint density at radius 2 is 2.00 bits per heavy atom. The molecule has 0 aromatic rings. The third kappa shape index (κ3) is 4.82. The molecule has 1 fully saturated rings. The van der Waals surface area contributed by atoms with Gasteiger partial charge in [-0.15, -0.1) is 0 Å². The molecule has 0 saturated carbocycles. The lowest BCUT2D eigenvalue weighted by molar-refractivity contribution is -0.142. The number of likely N-dealkylation sites (tertiary alicyclic amines) is 1. The van der Waals surface area contributed by atoms with Crippen molar-refractivity contribution in [2.24, 2.45) is 5.41 Å². The number of aliphatic carboxylic acids is 1. The van der Waals surface area contributed by atoms with E-state index in [0.717, 1.165) is 12.8 Å². The van der Waals surface area contributed by atoms with Gasteiger partial charge in [0.1, 0.15) is 0 Å². The fourth-order valence-electron chi connectivity index (χ4n) is 2.70. The first kappa shape index (κ1) is 16.0. The van der Waals surface area contributed by atoms with Crippen molar-refractivity contribution in [3.05, 3.63) is 0 Å². The lowest BCUT2D eigenvalue weighted by Gasteiger charge is -2.38. The average molecular weight is 271 g/mol. The summed E-state index contributed by atoms with van der Waals surface area (Å²) in [5, 5.41) is 8.85. The molecule has 0 aromatic carbocycles. The van der Waals surface area contributed by atoms with E-state index in [1.54, 1.807) is 7.11 Å². The molecule has 0 aromatic heterocycles. The lowest BCUT2D eigenvalue weighted by Crippen LogP contribution is -2.47. The second-order valence-corrected chi connectivity index (χ2v) is 6.23. The Hall–Kier alpha value is -1.10. The second kappa shape index (κ2) is 6.37. The van der Waals surface area contributed by atoms with Crippen molar-refractivity contribution in [1.29, 1.82) is 0 Å². The van der Waals surface area contributed by atoms with Gasteiger partial charge in [0.2, 0.25) is 5.91 Å². The van der Waals surface area contributed by atoms with Crippen LogP contribution in [0.5, 0.6) is 0 Å². The summed E-state index contributed by atoms with van der Waals surface area (Å²) >= 11 is 0. The molecule has 5 nitrogen and oxygen atoms in total. The van der Waals surface area contributed by atoms with E-state index in [0.29, 0.717) is 6.54 Å². The van der Waals surface area contributed by atoms with Gasteiger partial charge in [-0.1, -0.05) is 13.8 Å². The van der Waals surface area contributed by atoms with E-state index in [4.69, 9.17) is 9.84 Å². The number of ether oxygens (including phenoxy) is 1. The molecule has 1 aliphatic heterocycles. The van der Waals surface area contributed by atoms with Crippen LogP contribution >= 0.6 is 0 Å². The summed E-state index contributed by atoms with van der Waals surface area (Å²) in [6, 6.07) is 0.159. The Bertz CT molecular complexity index is 340. The maximum Gasteiger partial charge on any atom is 0.303 e. The molecule has 1 saturated heterocycles. The van der Waals surface area contributed by atoms with E-state index in [2.05, 4.69) is 0 Å². The van der Waals surface area contributed by atoms with Crippen LogP contribution in [0.3, 0.4) is 0 Å². The highest BCUT2D eigenvalue weighted by atomic mass is 16.5. The highest BCUT2D eigenvalue weighted by molar-refractivity contribution is 5.78. The molecular formula is C14H25NO4. The monoisotopic (exact) mass is 271 g/mol. The number of hydrogen-bond donors (Lipinski definition) is 1. The van der Waals surface area contributed by atoms with E-state index in [1.807, 2.05) is 25.7 Å². The summed E-state index contributed by atoms with van der Waals surface area (Å²) in [4.78, 5) is 24.9. The molecule has 0 aliphatic carbocycles. The van der Waals surface area contributed by atoms with E-state index in [1.165, 1.54) is 0 Å². The van der Waals surface area contributed by atoms with Crippen LogP contribution in [-0.4, -0.2) is 47.7 Å². The van der Waals surface area contributed by atoms with Crippen LogP contribution in [0, 0.1) is 5.41 Å². The Labute approximate surface area is 114 Å². The molecule has 2 unspecified atom stereocenters. The van der Waals surface area contributed by atoms with E-state index in [-0.39, 0.29) is 30.9 Å². The number of methoxy groups -OCH3 is 1. The third-order valence-electron chi connectivity index (χ3n) is 3.74. The zero-order valence-electron chi connectivity index (χ0n) is 12.3. The lowest BCUT2D eigenvalue weighted by atomic mass is 9.84. The zero-order chi connectivity index (χ0) is 14.6. The van der Waals surface area contributed by atoms with Crippen molar-refractivity contribution in [3.63, 3.8) is 0 Å². The first-order valence-corrected chi connectivity index (χ1v) is 6.79. The highest BCUT2D eigenvalue weighted by Crippen LogP contribution is 2.28. The fourth-order valence-corrected chi connectivity index (χ4v) is 2.70. The third-order valence-corrected chi connectivity index (χ3v) is 3.74. The Morgan fingerprint density at radius 1 is 1.37 bits per heavy atom. The van der Waals surface area contributed by atoms with E-state index < -0.39 is 11.4 Å². The van der Waals surface area contributed by atoms with Gasteiger partial charge in [-0.05, 0) is 25.2 Å². The van der Waals surface area contributed by atoms with Gasteiger partial charge >= 0.3 is 5.97 Å². The van der Waals surface area contributed by atoms with Crippen LogP contribution in [0.4, 0.5) is 0 Å². The molecule has 2 atom stereocenters. The number of rotatable bonds is 5. The van der Waals surface area contributed by atoms with Gasteiger partial charge in [0.05, 0.1) is 12.5 Å². The summed E-state index contributed by atoms with van der Waals surface area (Å²) < 4.78 is 5.33. The number of carboxylic acid groups (broad SMARTS) is 1. The van der Waals surface area contributed by atoms with Gasteiger partial charge in [-0.3, -0.25) is 9.59 Å². The highest BCUT2D eigenvalue weighted by Gasteiger charge is 2.32. The van der Waals surface area contributed by atoms with Crippen LogP contribution in [0.1, 0.15) is 46.5 Å². The molecule has 110 valence electrons. The van der Waals surface area contributed by atoms with Gasteiger partial charge in [0.15, 0.2) is 0 Å². The molecule has 0 bridgehead atoms. The van der Waals surface area contributed by atoms with Crippen LogP contribution in [0.2, 0.25) is 0 Å². The molecule has 1 aliphatic rings. The predicted molar refractivity (Wildman–Crippen MR) is 71.9 cm³/mol. The fraction of sp³-hybridized carbons (Fsp3) is 0.857. The van der Waals surface area contributed by atoms with Gasteiger partial charge in [-0.25, -0.2) is 0 Å². The van der Waals surface area contributed by atoms with Crippen molar-refractivity contribution < 1.29 is 19.4 Å². The molecule has 1 rings (SSSR count). The molecule has 1 heterocycles. The summed E-state index contributed by atoms with van der Waals surface area (Å²) in [6.07, 6.45) is 2.22. The van der Waals surface area contributed by atoms with Gasteiger partial charge in [-0.2, -0.15) is 0 Å². The maximum absolute atomic E-state index is 12.3. The van der Waals surface area contributed by atoms with Crippen LogP contribution in [0.25, 0.3) is 0 Å². The number of carboxylic acids is 1. The number of piperidine rings is 1. The number of carbonyl (C=O) groups excluding carboxylic acids is 1. The average Bonchev–Trinajstić information content (AvgIpc) is 2.25. The summed E-state index contributed by atoms with van der Waals surface area (Å²) in [7, 11) is 1.70. The summed E-state index contributed by atoms with van der Waals surface area (Å²) in [6.45, 7) is 6.37. The standard InChI is InChI=1S/C14H25NO4/c1-10-7-11(19-4)5-6-15(10)12(16)8-14(2,3)9-13(17)18/h10-11H,5-9H2,1-4H3,(H,17,18). The zero-order valence-corrected chi connectivity index (χ0v) is 12.3. The summed E-state index contributed by atoms with van der Waals surface area (Å²) in [5.74, 6) is -0.808. The number of carbonyl (C=O) groups is 2. The van der Waals surface area contributed by atoms with Crippen LogP contribution < -0.4 is 0 Å². The maximum atomic E-state index is 12.3. The smallest absolute Gasteiger partial charge is 0.303 e. The molecule has 1 N–H and O–H groups in total.